The summed E-state index contributed by atoms with van der Waals surface area (Å²) in [6.07, 6.45) is 10.6. The number of halogens is 2. The van der Waals surface area contributed by atoms with E-state index >= 15 is 0 Å². The second-order valence-electron chi connectivity index (χ2n) is 6.46. The van der Waals surface area contributed by atoms with E-state index in [1.54, 1.807) is 12.1 Å². The highest BCUT2D eigenvalue weighted by Crippen LogP contribution is 2.17. The monoisotopic (exact) mass is 415 g/mol. The van der Waals surface area contributed by atoms with E-state index < -0.39 is 5.82 Å². The number of benzene rings is 1. The van der Waals surface area contributed by atoms with Gasteiger partial charge in [-0.05, 0) is 55.6 Å². The van der Waals surface area contributed by atoms with Crippen molar-refractivity contribution in [1.82, 2.24) is 4.90 Å². The normalized spacial score (nSPS) is 12.4. The van der Waals surface area contributed by atoms with Crippen molar-refractivity contribution < 1.29 is 14.3 Å². The maximum Gasteiger partial charge on any atom is 0.210 e. The van der Waals surface area contributed by atoms with Gasteiger partial charge in [-0.15, -0.1) is 0 Å². The number of nitrogens with zero attached hydrogens (tertiary/aromatic N) is 1. The van der Waals surface area contributed by atoms with Crippen LogP contribution in [0.2, 0.25) is 5.02 Å². The van der Waals surface area contributed by atoms with Crippen LogP contribution in [-0.2, 0) is 11.2 Å². The largest absolute Gasteiger partial charge is 0.396 e. The first kappa shape index (κ1) is 24.0. The van der Waals surface area contributed by atoms with Crippen LogP contribution < -0.4 is 0 Å². The van der Waals surface area contributed by atoms with Crippen LogP contribution in [0.5, 0.6) is 0 Å². The third-order valence-corrected chi connectivity index (χ3v) is 5.62. The van der Waals surface area contributed by atoms with Crippen LogP contribution in [0.25, 0.3) is 0 Å². The molecule has 0 aliphatic heterocycles. The van der Waals surface area contributed by atoms with E-state index in [4.69, 9.17) is 16.7 Å². The molecule has 1 N–H and O–H groups in total. The minimum Gasteiger partial charge on any atom is -0.396 e. The summed E-state index contributed by atoms with van der Waals surface area (Å²) < 4.78 is 13.2. The number of unbranched alkanes of at least 4 members (excludes halogenated alkanes) is 1. The number of aliphatic hydroxyl groups excluding tert-OH is 1. The average molecular weight is 416 g/mol. The minimum atomic E-state index is -0.394. The molecule has 0 radical (unpaired) electrons. The van der Waals surface area contributed by atoms with Crippen molar-refractivity contribution >= 4 is 29.8 Å². The Morgan fingerprint density at radius 1 is 1.33 bits per heavy atom. The van der Waals surface area contributed by atoms with Gasteiger partial charge in [-0.25, -0.2) is 4.39 Å². The Hall–Kier alpha value is -1.04. The molecule has 1 amide bonds. The van der Waals surface area contributed by atoms with Crippen LogP contribution in [0, 0.1) is 5.82 Å². The molecule has 0 spiro atoms. The van der Waals surface area contributed by atoms with Crippen LogP contribution in [0.3, 0.4) is 0 Å². The van der Waals surface area contributed by atoms with Crippen LogP contribution in [-0.4, -0.2) is 47.1 Å². The first-order valence-electron chi connectivity index (χ1n) is 9.62. The third-order valence-electron chi connectivity index (χ3n) is 4.28. The van der Waals surface area contributed by atoms with Gasteiger partial charge in [0.15, 0.2) is 0 Å². The number of amides is 1. The quantitative estimate of drug-likeness (QED) is 0.246. The molecule has 0 saturated carbocycles. The van der Waals surface area contributed by atoms with Crippen molar-refractivity contribution in [3.63, 3.8) is 0 Å². The van der Waals surface area contributed by atoms with Gasteiger partial charge in [0.05, 0.1) is 5.02 Å². The Bertz CT molecular complexity index is 571. The van der Waals surface area contributed by atoms with Gasteiger partial charge in [-0.1, -0.05) is 43.2 Å². The third kappa shape index (κ3) is 10.2. The van der Waals surface area contributed by atoms with E-state index in [1.807, 2.05) is 16.7 Å². The number of hydrogen-bond acceptors (Lipinski definition) is 3. The summed E-state index contributed by atoms with van der Waals surface area (Å²) in [5.74, 6) is 1.53. The van der Waals surface area contributed by atoms with Gasteiger partial charge >= 0.3 is 0 Å². The zero-order valence-corrected chi connectivity index (χ0v) is 17.7. The Morgan fingerprint density at radius 3 is 2.81 bits per heavy atom. The standard InChI is InChI=1S/C21H31ClFNO2S/c1-2-7-19(24(17-26)12-15-27-14-6-5-13-25)9-4-3-8-18-10-11-21(23)20(22)16-18/h4,9-11,16-17,19,25H,2-3,5-8,12-15H2,1H3/b9-4+. The number of allylic oxidation sites excluding steroid dienone is 1. The lowest BCUT2D eigenvalue weighted by molar-refractivity contribution is -0.119. The van der Waals surface area contributed by atoms with Gasteiger partial charge in [0.1, 0.15) is 5.82 Å². The fourth-order valence-electron chi connectivity index (χ4n) is 2.75. The van der Waals surface area contributed by atoms with Gasteiger partial charge in [0.25, 0.3) is 0 Å². The van der Waals surface area contributed by atoms with Crippen LogP contribution in [0.1, 0.15) is 44.6 Å². The molecule has 0 heterocycles. The Morgan fingerprint density at radius 2 is 2.15 bits per heavy atom. The van der Waals surface area contributed by atoms with Gasteiger partial charge < -0.3 is 10.0 Å². The molecule has 0 aliphatic carbocycles. The van der Waals surface area contributed by atoms with E-state index in [0.717, 1.165) is 68.5 Å². The van der Waals surface area contributed by atoms with E-state index in [0.29, 0.717) is 0 Å². The SMILES string of the molecule is CCCC(/C=C/CCc1ccc(F)c(Cl)c1)N(C=O)CCSCCCCO. The van der Waals surface area contributed by atoms with Crippen LogP contribution >= 0.6 is 23.4 Å². The minimum absolute atomic E-state index is 0.113. The highest BCUT2D eigenvalue weighted by Gasteiger charge is 2.12. The Labute approximate surface area is 172 Å². The van der Waals surface area contributed by atoms with E-state index in [9.17, 15) is 9.18 Å². The molecule has 3 nitrogen and oxygen atoms in total. The molecule has 0 aliphatic rings. The van der Waals surface area contributed by atoms with Crippen molar-refractivity contribution in [2.45, 2.75) is 51.5 Å². The molecule has 1 atom stereocenters. The smallest absolute Gasteiger partial charge is 0.210 e. The van der Waals surface area contributed by atoms with E-state index in [2.05, 4.69) is 19.1 Å². The fraction of sp³-hybridized carbons (Fsp3) is 0.571. The predicted octanol–water partition coefficient (Wildman–Crippen LogP) is 5.10. The van der Waals surface area contributed by atoms with E-state index in [-0.39, 0.29) is 17.7 Å². The number of aryl methyl sites for hydroxylation is 1. The molecule has 0 saturated heterocycles. The van der Waals surface area contributed by atoms with Gasteiger partial charge in [0.2, 0.25) is 6.41 Å². The highest BCUT2D eigenvalue weighted by atomic mass is 35.5. The number of aliphatic hydroxyl groups is 1. The summed E-state index contributed by atoms with van der Waals surface area (Å²) in [5, 5.41) is 8.94. The number of rotatable bonds is 15. The van der Waals surface area contributed by atoms with Crippen molar-refractivity contribution in [1.29, 1.82) is 0 Å². The maximum absolute atomic E-state index is 13.2. The second kappa shape index (κ2) is 14.9. The first-order valence-corrected chi connectivity index (χ1v) is 11.2. The Kier molecular flexibility index (Phi) is 13.3. The lowest BCUT2D eigenvalue weighted by atomic mass is 10.1. The molecule has 1 unspecified atom stereocenters. The van der Waals surface area contributed by atoms with Gasteiger partial charge in [0, 0.05) is 24.9 Å². The molecule has 0 bridgehead atoms. The van der Waals surface area contributed by atoms with Crippen LogP contribution in [0.15, 0.2) is 30.4 Å². The average Bonchev–Trinajstić information content (AvgIpc) is 2.67. The molecule has 27 heavy (non-hydrogen) atoms. The molecular weight excluding hydrogens is 385 g/mol. The van der Waals surface area contributed by atoms with Crippen molar-refractivity contribution in [3.8, 4) is 0 Å². The summed E-state index contributed by atoms with van der Waals surface area (Å²) in [6, 6.07) is 4.93. The zero-order chi connectivity index (χ0) is 19.9. The summed E-state index contributed by atoms with van der Waals surface area (Å²) in [7, 11) is 0. The lowest BCUT2D eigenvalue weighted by Crippen LogP contribution is -2.34. The van der Waals surface area contributed by atoms with Crippen molar-refractivity contribution in [2.75, 3.05) is 24.7 Å². The van der Waals surface area contributed by atoms with E-state index in [1.165, 1.54) is 6.07 Å². The second-order valence-corrected chi connectivity index (χ2v) is 8.09. The van der Waals surface area contributed by atoms with Gasteiger partial charge in [-0.3, -0.25) is 4.79 Å². The number of carbonyl (C=O) groups is 1. The fourth-order valence-corrected chi connectivity index (χ4v) is 3.91. The molecule has 1 aromatic rings. The highest BCUT2D eigenvalue weighted by molar-refractivity contribution is 7.99. The zero-order valence-electron chi connectivity index (χ0n) is 16.1. The molecular formula is C21H31ClFNO2S. The summed E-state index contributed by atoms with van der Waals surface area (Å²) in [6.45, 7) is 3.10. The number of thioether (sulfide) groups is 1. The van der Waals surface area contributed by atoms with Gasteiger partial charge in [-0.2, -0.15) is 11.8 Å². The predicted molar refractivity (Wildman–Crippen MR) is 114 cm³/mol. The molecule has 152 valence electrons. The molecule has 0 fully saturated rings. The lowest BCUT2D eigenvalue weighted by Gasteiger charge is -2.25. The number of carbonyl (C=O) groups excluding carboxylic acids is 1. The summed E-state index contributed by atoms with van der Waals surface area (Å²) in [5.41, 5.74) is 1.00. The molecule has 0 aromatic heterocycles. The summed E-state index contributed by atoms with van der Waals surface area (Å²) >= 11 is 7.64. The van der Waals surface area contributed by atoms with Crippen LogP contribution in [0.4, 0.5) is 4.39 Å². The van der Waals surface area contributed by atoms with Crippen molar-refractivity contribution in [2.24, 2.45) is 0 Å². The Balaban J connectivity index is 2.45. The summed E-state index contributed by atoms with van der Waals surface area (Å²) in [4.78, 5) is 13.4. The molecule has 1 rings (SSSR count). The molecule has 1 aromatic carbocycles. The topological polar surface area (TPSA) is 40.5 Å². The maximum atomic E-state index is 13.2. The first-order chi connectivity index (χ1) is 13.1. The number of hydrogen-bond donors (Lipinski definition) is 1. The molecule has 6 heteroatoms. The van der Waals surface area contributed by atoms with Crippen molar-refractivity contribution in [3.05, 3.63) is 46.8 Å².